The summed E-state index contributed by atoms with van der Waals surface area (Å²) in [5.41, 5.74) is 1.96. The van der Waals surface area contributed by atoms with Crippen molar-refractivity contribution in [1.82, 2.24) is 10.2 Å². The van der Waals surface area contributed by atoms with Crippen LogP contribution in [-0.4, -0.2) is 55.2 Å². The average Bonchev–Trinajstić information content (AvgIpc) is 2.54. The Morgan fingerprint density at radius 2 is 1.76 bits per heavy atom. The highest BCUT2D eigenvalue weighted by Gasteiger charge is 2.22. The van der Waals surface area contributed by atoms with Crippen LogP contribution < -0.4 is 10.2 Å². The van der Waals surface area contributed by atoms with Crippen LogP contribution in [0.2, 0.25) is 0 Å². The van der Waals surface area contributed by atoms with Crippen LogP contribution in [0, 0.1) is 6.92 Å². The van der Waals surface area contributed by atoms with Crippen LogP contribution in [0.15, 0.2) is 24.3 Å². The van der Waals surface area contributed by atoms with Crippen LogP contribution in [0.4, 0.5) is 10.5 Å². The van der Waals surface area contributed by atoms with Gasteiger partial charge in [-0.3, -0.25) is 4.79 Å². The predicted octanol–water partition coefficient (Wildman–Crippen LogP) is 2.56. The van der Waals surface area contributed by atoms with E-state index in [0.29, 0.717) is 26.1 Å². The molecule has 1 aromatic carbocycles. The fourth-order valence-electron chi connectivity index (χ4n) is 2.86. The molecule has 0 aromatic heterocycles. The summed E-state index contributed by atoms with van der Waals surface area (Å²) in [5, 5.41) is 2.63. The molecule has 1 saturated heterocycles. The van der Waals surface area contributed by atoms with Crippen LogP contribution >= 0.6 is 0 Å². The zero-order valence-electron chi connectivity index (χ0n) is 15.7. The first kappa shape index (κ1) is 19.1. The number of anilines is 1. The molecule has 0 radical (unpaired) electrons. The van der Waals surface area contributed by atoms with Gasteiger partial charge in [0.25, 0.3) is 0 Å². The lowest BCUT2D eigenvalue weighted by atomic mass is 10.1. The number of nitrogens with zero attached hydrogens (tertiary/aromatic N) is 2. The van der Waals surface area contributed by atoms with Crippen molar-refractivity contribution in [2.45, 2.75) is 39.7 Å². The SMILES string of the molecule is Cc1ccccc1N1CCN(C(=O)CCNC(=O)OC(C)(C)C)CC1. The van der Waals surface area contributed by atoms with Gasteiger partial charge in [0.1, 0.15) is 5.60 Å². The molecule has 2 amide bonds. The van der Waals surface area contributed by atoms with Crippen LogP contribution in [0.3, 0.4) is 0 Å². The maximum Gasteiger partial charge on any atom is 0.407 e. The van der Waals surface area contributed by atoms with Crippen molar-refractivity contribution in [1.29, 1.82) is 0 Å². The first-order chi connectivity index (χ1) is 11.8. The molecule has 1 fully saturated rings. The average molecular weight is 347 g/mol. The third kappa shape index (κ3) is 5.96. The summed E-state index contributed by atoms with van der Waals surface area (Å²) < 4.78 is 5.16. The Morgan fingerprint density at radius 1 is 1.12 bits per heavy atom. The van der Waals surface area contributed by atoms with Gasteiger partial charge in [0.15, 0.2) is 0 Å². The fourth-order valence-corrected chi connectivity index (χ4v) is 2.86. The summed E-state index contributed by atoms with van der Waals surface area (Å²) in [7, 11) is 0. The second kappa shape index (κ2) is 8.23. The van der Waals surface area contributed by atoms with Crippen molar-refractivity contribution < 1.29 is 14.3 Å². The zero-order chi connectivity index (χ0) is 18.4. The van der Waals surface area contributed by atoms with Gasteiger partial charge in [-0.25, -0.2) is 4.79 Å². The lowest BCUT2D eigenvalue weighted by Crippen LogP contribution is -2.49. The van der Waals surface area contributed by atoms with Gasteiger partial charge in [-0.2, -0.15) is 0 Å². The van der Waals surface area contributed by atoms with Crippen molar-refractivity contribution in [3.8, 4) is 0 Å². The molecule has 2 rings (SSSR count). The van der Waals surface area contributed by atoms with Crippen LogP contribution in [-0.2, 0) is 9.53 Å². The Hall–Kier alpha value is -2.24. The lowest BCUT2D eigenvalue weighted by Gasteiger charge is -2.36. The molecule has 1 aliphatic rings. The standard InChI is InChI=1S/C19H29N3O3/c1-15-7-5-6-8-16(15)21-11-13-22(14-12-21)17(23)9-10-20-18(24)25-19(2,3)4/h5-8H,9-14H2,1-4H3,(H,20,24). The van der Waals surface area contributed by atoms with Gasteiger partial charge in [0.2, 0.25) is 5.91 Å². The Balaban J connectivity index is 1.73. The number of carbonyl (C=O) groups is 2. The highest BCUT2D eigenvalue weighted by molar-refractivity contribution is 5.77. The van der Waals surface area contributed by atoms with E-state index in [4.69, 9.17) is 4.74 Å². The number of piperazine rings is 1. The molecule has 1 aliphatic heterocycles. The Kier molecular flexibility index (Phi) is 6.28. The summed E-state index contributed by atoms with van der Waals surface area (Å²) in [6.45, 7) is 10.9. The van der Waals surface area contributed by atoms with Crippen LogP contribution in [0.1, 0.15) is 32.8 Å². The summed E-state index contributed by atoms with van der Waals surface area (Å²) in [5.74, 6) is 0.0699. The van der Waals surface area contributed by atoms with E-state index in [0.717, 1.165) is 13.1 Å². The highest BCUT2D eigenvalue weighted by Crippen LogP contribution is 2.20. The summed E-state index contributed by atoms with van der Waals surface area (Å²) in [4.78, 5) is 28.1. The smallest absolute Gasteiger partial charge is 0.407 e. The highest BCUT2D eigenvalue weighted by atomic mass is 16.6. The molecule has 1 aromatic rings. The number of hydrogen-bond donors (Lipinski definition) is 1. The van der Waals surface area contributed by atoms with Gasteiger partial charge in [0.05, 0.1) is 0 Å². The number of hydrogen-bond acceptors (Lipinski definition) is 4. The third-order valence-electron chi connectivity index (χ3n) is 4.10. The van der Waals surface area contributed by atoms with E-state index in [-0.39, 0.29) is 5.91 Å². The van der Waals surface area contributed by atoms with Crippen LogP contribution in [0.25, 0.3) is 0 Å². The maximum atomic E-state index is 12.3. The first-order valence-electron chi connectivity index (χ1n) is 8.81. The number of carbonyl (C=O) groups excluding carboxylic acids is 2. The lowest BCUT2D eigenvalue weighted by molar-refractivity contribution is -0.131. The topological polar surface area (TPSA) is 61.9 Å². The van der Waals surface area contributed by atoms with Gasteiger partial charge >= 0.3 is 6.09 Å². The molecular weight excluding hydrogens is 318 g/mol. The quantitative estimate of drug-likeness (QED) is 0.909. The molecular formula is C19H29N3O3. The minimum absolute atomic E-state index is 0.0699. The van der Waals surface area contributed by atoms with E-state index in [1.807, 2.05) is 37.8 Å². The predicted molar refractivity (Wildman–Crippen MR) is 98.8 cm³/mol. The Morgan fingerprint density at radius 3 is 2.36 bits per heavy atom. The van der Waals surface area contributed by atoms with E-state index >= 15 is 0 Å². The molecule has 25 heavy (non-hydrogen) atoms. The van der Waals surface area contributed by atoms with Gasteiger partial charge < -0.3 is 19.9 Å². The molecule has 138 valence electrons. The minimum Gasteiger partial charge on any atom is -0.444 e. The number of amides is 2. The second-order valence-electron chi connectivity index (χ2n) is 7.33. The van der Waals surface area contributed by atoms with E-state index in [1.165, 1.54) is 11.3 Å². The first-order valence-corrected chi connectivity index (χ1v) is 8.81. The minimum atomic E-state index is -0.528. The van der Waals surface area contributed by atoms with Crippen molar-refractivity contribution in [2.75, 3.05) is 37.6 Å². The molecule has 6 heteroatoms. The van der Waals surface area contributed by atoms with Gasteiger partial charge in [-0.1, -0.05) is 18.2 Å². The number of ether oxygens (including phenoxy) is 1. The zero-order valence-corrected chi connectivity index (χ0v) is 15.7. The summed E-state index contributed by atoms with van der Waals surface area (Å²) in [6, 6.07) is 8.31. The van der Waals surface area contributed by atoms with E-state index in [1.54, 1.807) is 0 Å². The number of aryl methyl sites for hydroxylation is 1. The monoisotopic (exact) mass is 347 g/mol. The molecule has 0 aliphatic carbocycles. The third-order valence-corrected chi connectivity index (χ3v) is 4.10. The maximum absolute atomic E-state index is 12.3. The van der Waals surface area contributed by atoms with Gasteiger partial charge in [-0.15, -0.1) is 0 Å². The van der Waals surface area contributed by atoms with E-state index in [2.05, 4.69) is 29.3 Å². The normalized spacial score (nSPS) is 15.0. The molecule has 0 saturated carbocycles. The summed E-state index contributed by atoms with van der Waals surface area (Å²) >= 11 is 0. The van der Waals surface area contributed by atoms with Gasteiger partial charge in [-0.05, 0) is 39.3 Å². The molecule has 1 heterocycles. The number of benzene rings is 1. The number of rotatable bonds is 4. The molecule has 6 nitrogen and oxygen atoms in total. The van der Waals surface area contributed by atoms with E-state index in [9.17, 15) is 9.59 Å². The van der Waals surface area contributed by atoms with Crippen molar-refractivity contribution >= 4 is 17.7 Å². The molecule has 0 atom stereocenters. The number of nitrogens with one attached hydrogen (secondary N) is 1. The number of para-hydroxylation sites is 1. The molecule has 0 unspecified atom stereocenters. The van der Waals surface area contributed by atoms with Crippen molar-refractivity contribution in [3.05, 3.63) is 29.8 Å². The Labute approximate surface area is 150 Å². The van der Waals surface area contributed by atoms with Crippen molar-refractivity contribution in [3.63, 3.8) is 0 Å². The van der Waals surface area contributed by atoms with Gasteiger partial charge in [0, 0.05) is 44.8 Å². The molecule has 0 spiro atoms. The largest absolute Gasteiger partial charge is 0.444 e. The Bertz CT molecular complexity index is 602. The summed E-state index contributed by atoms with van der Waals surface area (Å²) in [6.07, 6.45) is -0.187. The van der Waals surface area contributed by atoms with Crippen molar-refractivity contribution in [2.24, 2.45) is 0 Å². The van der Waals surface area contributed by atoms with E-state index < -0.39 is 11.7 Å². The fraction of sp³-hybridized carbons (Fsp3) is 0.579. The second-order valence-corrected chi connectivity index (χ2v) is 7.33. The van der Waals surface area contributed by atoms with Crippen LogP contribution in [0.5, 0.6) is 0 Å². The molecule has 0 bridgehead atoms. The molecule has 1 N–H and O–H groups in total. The number of alkyl carbamates (subject to hydrolysis) is 1.